The van der Waals surface area contributed by atoms with Gasteiger partial charge in [-0.3, -0.25) is 9.78 Å². The molecule has 1 N–H and O–H groups in total. The van der Waals surface area contributed by atoms with Crippen LogP contribution in [0, 0.1) is 6.92 Å². The molecule has 0 fully saturated rings. The van der Waals surface area contributed by atoms with Crippen LogP contribution in [0.15, 0.2) is 41.4 Å². The van der Waals surface area contributed by atoms with Crippen LogP contribution >= 0.6 is 15.9 Å². The molecular formula is C13H12BrN3O. The number of nitrogens with zero attached hydrogens (tertiary/aromatic N) is 2. The van der Waals surface area contributed by atoms with E-state index in [-0.39, 0.29) is 5.91 Å². The van der Waals surface area contributed by atoms with Gasteiger partial charge in [0.2, 0.25) is 0 Å². The van der Waals surface area contributed by atoms with E-state index in [4.69, 9.17) is 0 Å². The van der Waals surface area contributed by atoms with Crippen molar-refractivity contribution in [3.05, 3.63) is 58.1 Å². The Bertz CT molecular complexity index is 572. The Hall–Kier alpha value is -1.75. The van der Waals surface area contributed by atoms with Crippen LogP contribution in [-0.4, -0.2) is 15.9 Å². The van der Waals surface area contributed by atoms with Gasteiger partial charge in [0.05, 0.1) is 5.56 Å². The third-order valence-corrected chi connectivity index (χ3v) is 3.21. The van der Waals surface area contributed by atoms with Gasteiger partial charge in [-0.15, -0.1) is 0 Å². The van der Waals surface area contributed by atoms with Gasteiger partial charge in [0.15, 0.2) is 0 Å². The van der Waals surface area contributed by atoms with Crippen molar-refractivity contribution >= 4 is 21.8 Å². The average Bonchev–Trinajstić information content (AvgIpc) is 2.38. The molecular weight excluding hydrogens is 294 g/mol. The van der Waals surface area contributed by atoms with Crippen molar-refractivity contribution in [1.29, 1.82) is 0 Å². The van der Waals surface area contributed by atoms with Crippen molar-refractivity contribution in [2.45, 2.75) is 13.5 Å². The Morgan fingerprint density at radius 2 is 2.22 bits per heavy atom. The van der Waals surface area contributed by atoms with Gasteiger partial charge in [-0.2, -0.15) is 0 Å². The highest BCUT2D eigenvalue weighted by Crippen LogP contribution is 2.12. The van der Waals surface area contributed by atoms with Gasteiger partial charge in [-0.25, -0.2) is 4.98 Å². The molecule has 2 aromatic heterocycles. The fourth-order valence-electron chi connectivity index (χ4n) is 1.53. The summed E-state index contributed by atoms with van der Waals surface area (Å²) in [5.41, 5.74) is 2.64. The predicted molar refractivity (Wildman–Crippen MR) is 72.1 cm³/mol. The number of aromatic nitrogens is 2. The number of aryl methyl sites for hydroxylation is 1. The van der Waals surface area contributed by atoms with E-state index < -0.39 is 0 Å². The molecule has 0 saturated carbocycles. The Kier molecular flexibility index (Phi) is 4.04. The molecule has 0 unspecified atom stereocenters. The molecule has 2 aromatic rings. The third-order valence-electron chi connectivity index (χ3n) is 2.58. The Morgan fingerprint density at radius 1 is 1.39 bits per heavy atom. The maximum atomic E-state index is 12.0. The molecule has 18 heavy (non-hydrogen) atoms. The molecule has 0 aliphatic heterocycles. The first kappa shape index (κ1) is 12.7. The highest BCUT2D eigenvalue weighted by atomic mass is 79.9. The number of carbonyl (C=O) groups is 1. The largest absolute Gasteiger partial charge is 0.348 e. The van der Waals surface area contributed by atoms with Crippen LogP contribution in [-0.2, 0) is 6.54 Å². The first-order valence-electron chi connectivity index (χ1n) is 5.46. The molecule has 0 spiro atoms. The molecule has 0 aliphatic carbocycles. The lowest BCUT2D eigenvalue weighted by molar-refractivity contribution is 0.0949. The predicted octanol–water partition coefficient (Wildman–Crippen LogP) is 2.48. The van der Waals surface area contributed by atoms with Crippen molar-refractivity contribution in [2.75, 3.05) is 0 Å². The van der Waals surface area contributed by atoms with E-state index in [2.05, 4.69) is 31.2 Å². The highest BCUT2D eigenvalue weighted by molar-refractivity contribution is 9.10. The van der Waals surface area contributed by atoms with E-state index >= 15 is 0 Å². The SMILES string of the molecule is Cc1cnccc1CNC(=O)c1cccnc1Br. The number of halogens is 1. The van der Waals surface area contributed by atoms with Gasteiger partial charge >= 0.3 is 0 Å². The second-order valence-electron chi connectivity index (χ2n) is 3.83. The minimum absolute atomic E-state index is 0.147. The van der Waals surface area contributed by atoms with Crippen LogP contribution in [0.3, 0.4) is 0 Å². The van der Waals surface area contributed by atoms with Crippen molar-refractivity contribution in [3.8, 4) is 0 Å². The van der Waals surface area contributed by atoms with Gasteiger partial charge in [0.25, 0.3) is 5.91 Å². The zero-order valence-electron chi connectivity index (χ0n) is 9.85. The second-order valence-corrected chi connectivity index (χ2v) is 4.58. The van der Waals surface area contributed by atoms with Gasteiger partial charge in [-0.05, 0) is 52.2 Å². The number of rotatable bonds is 3. The van der Waals surface area contributed by atoms with E-state index in [0.29, 0.717) is 16.7 Å². The Morgan fingerprint density at radius 3 is 2.94 bits per heavy atom. The smallest absolute Gasteiger partial charge is 0.254 e. The zero-order valence-corrected chi connectivity index (χ0v) is 11.4. The average molecular weight is 306 g/mol. The van der Waals surface area contributed by atoms with Crippen LogP contribution in [0.5, 0.6) is 0 Å². The molecule has 0 aromatic carbocycles. The number of carbonyl (C=O) groups excluding carboxylic acids is 1. The maximum absolute atomic E-state index is 12.0. The maximum Gasteiger partial charge on any atom is 0.254 e. The fraction of sp³-hybridized carbons (Fsp3) is 0.154. The molecule has 2 rings (SSSR count). The summed E-state index contributed by atoms with van der Waals surface area (Å²) in [7, 11) is 0. The van der Waals surface area contributed by atoms with Gasteiger partial charge in [0.1, 0.15) is 4.60 Å². The van der Waals surface area contributed by atoms with Gasteiger partial charge in [0, 0.05) is 25.1 Å². The summed E-state index contributed by atoms with van der Waals surface area (Å²) in [5, 5.41) is 2.86. The highest BCUT2D eigenvalue weighted by Gasteiger charge is 2.10. The standard InChI is InChI=1S/C13H12BrN3O/c1-9-7-15-6-4-10(9)8-17-13(18)11-3-2-5-16-12(11)14/h2-7H,8H2,1H3,(H,17,18). The van der Waals surface area contributed by atoms with Crippen molar-refractivity contribution < 1.29 is 4.79 Å². The normalized spacial score (nSPS) is 10.1. The molecule has 92 valence electrons. The number of pyridine rings is 2. The number of nitrogens with one attached hydrogen (secondary N) is 1. The fourth-order valence-corrected chi connectivity index (χ4v) is 1.96. The van der Waals surface area contributed by atoms with Gasteiger partial charge < -0.3 is 5.32 Å². The molecule has 5 heteroatoms. The van der Waals surface area contributed by atoms with Crippen LogP contribution in [0.25, 0.3) is 0 Å². The molecule has 0 saturated heterocycles. The minimum atomic E-state index is -0.147. The summed E-state index contributed by atoms with van der Waals surface area (Å²) < 4.78 is 0.550. The lowest BCUT2D eigenvalue weighted by Crippen LogP contribution is -2.23. The van der Waals surface area contributed by atoms with E-state index in [1.54, 1.807) is 30.7 Å². The monoisotopic (exact) mass is 305 g/mol. The Labute approximate surface area is 114 Å². The molecule has 0 atom stereocenters. The lowest BCUT2D eigenvalue weighted by Gasteiger charge is -2.08. The van der Waals surface area contributed by atoms with Crippen molar-refractivity contribution in [3.63, 3.8) is 0 Å². The van der Waals surface area contributed by atoms with E-state index in [0.717, 1.165) is 11.1 Å². The van der Waals surface area contributed by atoms with Crippen LogP contribution < -0.4 is 5.32 Å². The molecule has 0 bridgehead atoms. The molecule has 2 heterocycles. The Balaban J connectivity index is 2.06. The zero-order chi connectivity index (χ0) is 13.0. The summed E-state index contributed by atoms with van der Waals surface area (Å²) in [6, 6.07) is 5.36. The van der Waals surface area contributed by atoms with Crippen molar-refractivity contribution in [1.82, 2.24) is 15.3 Å². The minimum Gasteiger partial charge on any atom is -0.348 e. The quantitative estimate of drug-likeness (QED) is 0.886. The van der Waals surface area contributed by atoms with E-state index in [1.807, 2.05) is 13.0 Å². The number of amides is 1. The topological polar surface area (TPSA) is 54.9 Å². The second kappa shape index (κ2) is 5.73. The number of hydrogen-bond acceptors (Lipinski definition) is 3. The molecule has 4 nitrogen and oxygen atoms in total. The van der Waals surface area contributed by atoms with Gasteiger partial charge in [-0.1, -0.05) is 0 Å². The van der Waals surface area contributed by atoms with Crippen molar-refractivity contribution in [2.24, 2.45) is 0 Å². The van der Waals surface area contributed by atoms with Crippen LogP contribution in [0.4, 0.5) is 0 Å². The summed E-state index contributed by atoms with van der Waals surface area (Å²) >= 11 is 3.26. The molecule has 0 aliphatic rings. The first-order valence-corrected chi connectivity index (χ1v) is 6.26. The number of hydrogen-bond donors (Lipinski definition) is 1. The van der Waals surface area contributed by atoms with Crippen LogP contribution in [0.2, 0.25) is 0 Å². The van der Waals surface area contributed by atoms with E-state index in [1.165, 1.54) is 0 Å². The molecule has 0 radical (unpaired) electrons. The summed E-state index contributed by atoms with van der Waals surface area (Å²) in [5.74, 6) is -0.147. The summed E-state index contributed by atoms with van der Waals surface area (Å²) in [6.07, 6.45) is 5.13. The third kappa shape index (κ3) is 2.92. The molecule has 1 amide bonds. The van der Waals surface area contributed by atoms with Crippen LogP contribution in [0.1, 0.15) is 21.5 Å². The lowest BCUT2D eigenvalue weighted by atomic mass is 10.1. The summed E-state index contributed by atoms with van der Waals surface area (Å²) in [6.45, 7) is 2.45. The van der Waals surface area contributed by atoms with E-state index in [9.17, 15) is 4.79 Å². The summed E-state index contributed by atoms with van der Waals surface area (Å²) in [4.78, 5) is 20.0. The first-order chi connectivity index (χ1) is 8.68.